The topological polar surface area (TPSA) is 125 Å². The second-order valence-electron chi connectivity index (χ2n) is 2.21. The van der Waals surface area contributed by atoms with Crippen LogP contribution >= 0.6 is 0 Å². The van der Waals surface area contributed by atoms with Crippen LogP contribution in [0.2, 0.25) is 0 Å². The van der Waals surface area contributed by atoms with E-state index in [-0.39, 0.29) is 0 Å². The van der Waals surface area contributed by atoms with E-state index in [1.54, 1.807) is 6.07 Å². The van der Waals surface area contributed by atoms with E-state index in [1.165, 1.54) is 6.92 Å². The fraction of sp³-hybridized carbons (Fsp3) is 0.857. The zero-order valence-corrected chi connectivity index (χ0v) is 7.33. The van der Waals surface area contributed by atoms with E-state index in [2.05, 4.69) is 0 Å². The predicted octanol–water partition coefficient (Wildman–Crippen LogP) is -2.42. The summed E-state index contributed by atoms with van der Waals surface area (Å²) in [6.07, 6.45) is -4.29. The number of hydrogen-bond donors (Lipinski definition) is 5. The summed E-state index contributed by atoms with van der Waals surface area (Å²) >= 11 is 0. The predicted molar refractivity (Wildman–Crippen MR) is 43.5 cm³/mol. The fourth-order valence-electron chi connectivity index (χ4n) is 0.472. The van der Waals surface area contributed by atoms with Gasteiger partial charge < -0.3 is 25.5 Å². The minimum atomic E-state index is -1.49. The van der Waals surface area contributed by atoms with Crippen molar-refractivity contribution in [3.63, 3.8) is 0 Å². The molecule has 0 rings (SSSR count). The number of rotatable bonds is 4. The van der Waals surface area contributed by atoms with Gasteiger partial charge in [-0.3, -0.25) is 0 Å². The summed E-state index contributed by atoms with van der Waals surface area (Å²) in [5.41, 5.74) is 0. The molecule has 0 heterocycles. The molecule has 0 saturated carbocycles. The van der Waals surface area contributed by atoms with Crippen molar-refractivity contribution in [2.24, 2.45) is 0 Å². The Balaban J connectivity index is 0. The molecule has 0 aromatic rings. The van der Waals surface area contributed by atoms with Gasteiger partial charge in [0.2, 0.25) is 0 Å². The number of aliphatic hydroxyl groups excluding tert-OH is 5. The smallest absolute Gasteiger partial charge is 0.110 e. The molecule has 78 valence electrons. The normalized spacial score (nSPS) is 16.1. The lowest BCUT2D eigenvalue weighted by Gasteiger charge is -2.19. The molecule has 0 fully saturated rings. The molecule has 0 aromatic heterocycles. The van der Waals surface area contributed by atoms with Gasteiger partial charge in [0.1, 0.15) is 18.3 Å². The summed E-state index contributed by atoms with van der Waals surface area (Å²) in [6, 6.07) is 1.75. The molecule has 5 N–H and O–H groups in total. The molecule has 0 aliphatic carbocycles. The highest BCUT2D eigenvalue weighted by Crippen LogP contribution is 1.97. The quantitative estimate of drug-likeness (QED) is 0.338. The van der Waals surface area contributed by atoms with Crippen LogP contribution in [0.3, 0.4) is 0 Å². The van der Waals surface area contributed by atoms with Crippen LogP contribution in [0.25, 0.3) is 0 Å². The van der Waals surface area contributed by atoms with Crippen LogP contribution in [0.4, 0.5) is 0 Å². The Hall–Kier alpha value is -0.710. The SMILES string of the molecule is CC#N.OC[C@@H](O)C(O)[C@@H](O)CO. The van der Waals surface area contributed by atoms with Crippen molar-refractivity contribution < 1.29 is 25.5 Å². The Labute approximate surface area is 76.3 Å². The van der Waals surface area contributed by atoms with E-state index in [1.807, 2.05) is 0 Å². The maximum atomic E-state index is 8.77. The highest BCUT2D eigenvalue weighted by atomic mass is 16.4. The molecular weight excluding hydrogens is 178 g/mol. The first-order valence-corrected chi connectivity index (χ1v) is 3.61. The van der Waals surface area contributed by atoms with Gasteiger partial charge in [-0.25, -0.2) is 0 Å². The molecule has 0 aromatic carbocycles. The highest BCUT2D eigenvalue weighted by molar-refractivity contribution is 4.73. The highest BCUT2D eigenvalue weighted by Gasteiger charge is 2.22. The van der Waals surface area contributed by atoms with Crippen molar-refractivity contribution in [2.45, 2.75) is 25.2 Å². The lowest BCUT2D eigenvalue weighted by molar-refractivity contribution is -0.0900. The van der Waals surface area contributed by atoms with Crippen LogP contribution in [-0.2, 0) is 0 Å². The van der Waals surface area contributed by atoms with Crippen LogP contribution in [0, 0.1) is 11.3 Å². The number of hydrogen-bond acceptors (Lipinski definition) is 6. The van der Waals surface area contributed by atoms with Gasteiger partial charge in [-0.05, 0) is 0 Å². The molecule has 13 heavy (non-hydrogen) atoms. The molecule has 0 spiro atoms. The van der Waals surface area contributed by atoms with Gasteiger partial charge in [0.15, 0.2) is 0 Å². The second-order valence-corrected chi connectivity index (χ2v) is 2.21. The van der Waals surface area contributed by atoms with Gasteiger partial charge in [-0.15, -0.1) is 0 Å². The van der Waals surface area contributed by atoms with Gasteiger partial charge in [0, 0.05) is 6.92 Å². The van der Waals surface area contributed by atoms with E-state index in [0.29, 0.717) is 0 Å². The van der Waals surface area contributed by atoms with Crippen molar-refractivity contribution in [3.05, 3.63) is 0 Å². The van der Waals surface area contributed by atoms with Gasteiger partial charge in [-0.1, -0.05) is 0 Å². The molecule has 3 atom stereocenters. The summed E-state index contributed by atoms with van der Waals surface area (Å²) in [4.78, 5) is 0. The maximum absolute atomic E-state index is 8.77. The lowest BCUT2D eigenvalue weighted by Crippen LogP contribution is -2.41. The third kappa shape index (κ3) is 7.64. The Kier molecular flexibility index (Phi) is 10.7. The number of nitriles is 1. The van der Waals surface area contributed by atoms with Crippen molar-refractivity contribution in [1.82, 2.24) is 0 Å². The van der Waals surface area contributed by atoms with Crippen LogP contribution in [-0.4, -0.2) is 57.1 Å². The average molecular weight is 193 g/mol. The zero-order chi connectivity index (χ0) is 10.9. The van der Waals surface area contributed by atoms with E-state index in [0.717, 1.165) is 0 Å². The van der Waals surface area contributed by atoms with E-state index in [9.17, 15) is 0 Å². The maximum Gasteiger partial charge on any atom is 0.110 e. The first-order valence-electron chi connectivity index (χ1n) is 3.61. The average Bonchev–Trinajstić information content (AvgIpc) is 2.15. The fourth-order valence-corrected chi connectivity index (χ4v) is 0.472. The van der Waals surface area contributed by atoms with Gasteiger partial charge in [-0.2, -0.15) is 5.26 Å². The van der Waals surface area contributed by atoms with Crippen molar-refractivity contribution in [2.75, 3.05) is 13.2 Å². The Morgan fingerprint density at radius 2 is 1.31 bits per heavy atom. The van der Waals surface area contributed by atoms with Crippen LogP contribution < -0.4 is 0 Å². The monoisotopic (exact) mass is 193 g/mol. The molecule has 6 heteroatoms. The molecule has 0 saturated heterocycles. The third-order valence-corrected chi connectivity index (χ3v) is 1.16. The van der Waals surface area contributed by atoms with Crippen molar-refractivity contribution in [1.29, 1.82) is 5.26 Å². The number of aliphatic hydroxyl groups is 5. The molecule has 0 radical (unpaired) electrons. The van der Waals surface area contributed by atoms with Gasteiger partial charge >= 0.3 is 0 Å². The largest absolute Gasteiger partial charge is 0.394 e. The molecule has 0 bridgehead atoms. The zero-order valence-electron chi connectivity index (χ0n) is 7.33. The van der Waals surface area contributed by atoms with Crippen LogP contribution in [0.1, 0.15) is 6.92 Å². The van der Waals surface area contributed by atoms with Crippen molar-refractivity contribution in [3.8, 4) is 6.07 Å². The Bertz CT molecular complexity index is 136. The van der Waals surface area contributed by atoms with Gasteiger partial charge in [0.25, 0.3) is 0 Å². The molecule has 0 amide bonds. The van der Waals surface area contributed by atoms with E-state index < -0.39 is 31.5 Å². The van der Waals surface area contributed by atoms with E-state index in [4.69, 9.17) is 30.8 Å². The third-order valence-electron chi connectivity index (χ3n) is 1.16. The summed E-state index contributed by atoms with van der Waals surface area (Å²) in [6.45, 7) is 0.149. The molecule has 6 nitrogen and oxygen atoms in total. The van der Waals surface area contributed by atoms with Gasteiger partial charge in [0.05, 0.1) is 19.3 Å². The molecule has 0 aliphatic rings. The second kappa shape index (κ2) is 9.38. The summed E-state index contributed by atoms with van der Waals surface area (Å²) in [5.74, 6) is 0. The summed E-state index contributed by atoms with van der Waals surface area (Å²) < 4.78 is 0. The summed E-state index contributed by atoms with van der Waals surface area (Å²) in [5, 5.41) is 49.9. The number of nitrogens with zero attached hydrogens (tertiary/aromatic N) is 1. The Morgan fingerprint density at radius 3 is 1.46 bits per heavy atom. The standard InChI is InChI=1S/C5H12O5.C2H3N/c6-1-3(8)5(10)4(9)2-7;1-2-3/h3-10H,1-2H2;1H3/t3-,4+,5?;. The van der Waals surface area contributed by atoms with Crippen LogP contribution in [0.5, 0.6) is 0 Å². The van der Waals surface area contributed by atoms with Crippen molar-refractivity contribution >= 4 is 0 Å². The molecule has 1 unspecified atom stereocenters. The molecular formula is C7H15NO5. The lowest BCUT2D eigenvalue weighted by atomic mass is 10.1. The minimum absolute atomic E-state index is 0.641. The van der Waals surface area contributed by atoms with Crippen LogP contribution in [0.15, 0.2) is 0 Å². The van der Waals surface area contributed by atoms with E-state index >= 15 is 0 Å². The summed E-state index contributed by atoms with van der Waals surface area (Å²) in [7, 11) is 0. The first-order chi connectivity index (χ1) is 6.04. The first kappa shape index (κ1) is 14.8. The molecule has 0 aliphatic heterocycles. The Morgan fingerprint density at radius 1 is 1.08 bits per heavy atom. The minimum Gasteiger partial charge on any atom is -0.394 e.